The molecule has 0 aromatic rings. The van der Waals surface area contributed by atoms with Gasteiger partial charge in [-0.15, -0.1) is 0 Å². The van der Waals surface area contributed by atoms with Crippen LogP contribution in [0.1, 0.15) is 39.5 Å². The summed E-state index contributed by atoms with van der Waals surface area (Å²) in [6.07, 6.45) is 3.71. The van der Waals surface area contributed by atoms with E-state index in [2.05, 4.69) is 10.2 Å². The fourth-order valence-corrected chi connectivity index (χ4v) is 2.25. The van der Waals surface area contributed by atoms with Crippen molar-refractivity contribution in [3.63, 3.8) is 0 Å². The molecule has 1 aliphatic heterocycles. The predicted octanol–water partition coefficient (Wildman–Crippen LogP) is 0.956. The summed E-state index contributed by atoms with van der Waals surface area (Å²) in [5.74, 6) is 0.311. The third kappa shape index (κ3) is 3.93. The second-order valence-electron chi connectivity index (χ2n) is 4.36. The topological polar surface area (TPSA) is 49.4 Å². The minimum Gasteiger partial charge on any atom is -0.356 e. The maximum absolute atomic E-state index is 11.4. The highest BCUT2D eigenvalue weighted by atomic mass is 16.1. The molecule has 1 saturated heterocycles. The third-order valence-electron chi connectivity index (χ3n) is 3.08. The van der Waals surface area contributed by atoms with E-state index >= 15 is 0 Å². The van der Waals surface area contributed by atoms with E-state index in [-0.39, 0.29) is 17.7 Å². The number of rotatable bonds is 5. The highest BCUT2D eigenvalue weighted by molar-refractivity contribution is 5.81. The first-order chi connectivity index (χ1) is 7.65. The number of amides is 1. The van der Waals surface area contributed by atoms with Crippen LogP contribution in [0.5, 0.6) is 0 Å². The molecule has 0 saturated carbocycles. The molecule has 1 heterocycles. The van der Waals surface area contributed by atoms with Gasteiger partial charge in [0.05, 0.1) is 6.04 Å². The van der Waals surface area contributed by atoms with E-state index in [4.69, 9.17) is 0 Å². The standard InChI is InChI=1S/C12H22N2O2/c1-3-13-12(16)7-9-14-8-5-4-6-11(14)10(2)15/h11H,3-9H2,1-2H3,(H,13,16). The molecule has 4 nitrogen and oxygen atoms in total. The minimum absolute atomic E-state index is 0.0446. The molecule has 0 spiro atoms. The first-order valence-electron chi connectivity index (χ1n) is 6.16. The van der Waals surface area contributed by atoms with Gasteiger partial charge in [0.1, 0.15) is 5.78 Å². The van der Waals surface area contributed by atoms with Crippen molar-refractivity contribution in [2.75, 3.05) is 19.6 Å². The number of carbonyl (C=O) groups excluding carboxylic acids is 2. The molecule has 1 aliphatic rings. The highest BCUT2D eigenvalue weighted by Gasteiger charge is 2.25. The molecule has 0 radical (unpaired) electrons. The van der Waals surface area contributed by atoms with E-state index < -0.39 is 0 Å². The van der Waals surface area contributed by atoms with Gasteiger partial charge in [0, 0.05) is 19.5 Å². The Morgan fingerprint density at radius 3 is 2.75 bits per heavy atom. The van der Waals surface area contributed by atoms with Crippen molar-refractivity contribution < 1.29 is 9.59 Å². The lowest BCUT2D eigenvalue weighted by Crippen LogP contribution is -2.45. The van der Waals surface area contributed by atoms with Gasteiger partial charge in [-0.25, -0.2) is 0 Å². The van der Waals surface area contributed by atoms with Crippen molar-refractivity contribution in [1.29, 1.82) is 0 Å². The highest BCUT2D eigenvalue weighted by Crippen LogP contribution is 2.17. The predicted molar refractivity (Wildman–Crippen MR) is 63.2 cm³/mol. The second kappa shape index (κ2) is 6.63. The molecule has 0 aromatic carbocycles. The van der Waals surface area contributed by atoms with Crippen LogP contribution in [0.2, 0.25) is 0 Å². The molecule has 1 N–H and O–H groups in total. The molecular formula is C12H22N2O2. The van der Waals surface area contributed by atoms with E-state index in [1.54, 1.807) is 6.92 Å². The summed E-state index contributed by atoms with van der Waals surface area (Å²) in [4.78, 5) is 24.9. The molecule has 92 valence electrons. The Labute approximate surface area is 97.4 Å². The molecule has 1 fully saturated rings. The lowest BCUT2D eigenvalue weighted by molar-refractivity contribution is -0.125. The Hall–Kier alpha value is -0.900. The fourth-order valence-electron chi connectivity index (χ4n) is 2.25. The van der Waals surface area contributed by atoms with Crippen molar-refractivity contribution in [3.05, 3.63) is 0 Å². The molecule has 0 aromatic heterocycles. The van der Waals surface area contributed by atoms with E-state index in [9.17, 15) is 9.59 Å². The van der Waals surface area contributed by atoms with Gasteiger partial charge in [-0.2, -0.15) is 0 Å². The molecule has 4 heteroatoms. The van der Waals surface area contributed by atoms with Gasteiger partial charge in [0.15, 0.2) is 0 Å². The zero-order valence-electron chi connectivity index (χ0n) is 10.3. The average Bonchev–Trinajstić information content (AvgIpc) is 2.27. The number of ketones is 1. The van der Waals surface area contributed by atoms with Crippen molar-refractivity contribution in [2.45, 2.75) is 45.6 Å². The van der Waals surface area contributed by atoms with Gasteiger partial charge in [0.25, 0.3) is 0 Å². The van der Waals surface area contributed by atoms with Gasteiger partial charge >= 0.3 is 0 Å². The summed E-state index contributed by atoms with van der Waals surface area (Å²) in [7, 11) is 0. The van der Waals surface area contributed by atoms with Crippen LogP contribution >= 0.6 is 0 Å². The summed E-state index contributed by atoms with van der Waals surface area (Å²) in [6, 6.07) is 0.0446. The normalized spacial score (nSPS) is 21.8. The lowest BCUT2D eigenvalue weighted by atomic mass is 9.99. The smallest absolute Gasteiger partial charge is 0.221 e. The number of likely N-dealkylation sites (tertiary alicyclic amines) is 1. The Morgan fingerprint density at radius 2 is 2.12 bits per heavy atom. The van der Waals surface area contributed by atoms with Crippen LogP contribution in [0.15, 0.2) is 0 Å². The second-order valence-corrected chi connectivity index (χ2v) is 4.36. The Balaban J connectivity index is 2.38. The largest absolute Gasteiger partial charge is 0.356 e. The molecule has 0 aliphatic carbocycles. The number of nitrogens with zero attached hydrogens (tertiary/aromatic N) is 1. The number of carbonyl (C=O) groups is 2. The van der Waals surface area contributed by atoms with Crippen LogP contribution in [-0.2, 0) is 9.59 Å². The van der Waals surface area contributed by atoms with Crippen molar-refractivity contribution in [1.82, 2.24) is 10.2 Å². The van der Waals surface area contributed by atoms with Gasteiger partial charge in [-0.3, -0.25) is 14.5 Å². The maximum Gasteiger partial charge on any atom is 0.221 e. The molecule has 0 bridgehead atoms. The number of piperidine rings is 1. The van der Waals surface area contributed by atoms with Crippen LogP contribution in [0, 0.1) is 0 Å². The van der Waals surface area contributed by atoms with Crippen LogP contribution in [-0.4, -0.2) is 42.3 Å². The monoisotopic (exact) mass is 226 g/mol. The van der Waals surface area contributed by atoms with Crippen molar-refractivity contribution in [3.8, 4) is 0 Å². The van der Waals surface area contributed by atoms with E-state index in [1.807, 2.05) is 6.92 Å². The molecule has 1 unspecified atom stereocenters. The third-order valence-corrected chi connectivity index (χ3v) is 3.08. The van der Waals surface area contributed by atoms with Crippen LogP contribution in [0.25, 0.3) is 0 Å². The summed E-state index contributed by atoms with van der Waals surface area (Å²) in [5, 5.41) is 2.78. The van der Waals surface area contributed by atoms with Gasteiger partial charge in [0.2, 0.25) is 5.91 Å². The number of hydrogen-bond acceptors (Lipinski definition) is 3. The van der Waals surface area contributed by atoms with Crippen molar-refractivity contribution in [2.24, 2.45) is 0 Å². The Morgan fingerprint density at radius 1 is 1.38 bits per heavy atom. The summed E-state index contributed by atoms with van der Waals surface area (Å²) < 4.78 is 0. The zero-order valence-corrected chi connectivity index (χ0v) is 10.3. The molecule has 1 amide bonds. The van der Waals surface area contributed by atoms with Gasteiger partial charge < -0.3 is 5.32 Å². The number of Topliss-reactive ketones (excluding diaryl/α,β-unsaturated/α-hetero) is 1. The molecule has 1 atom stereocenters. The molecule has 16 heavy (non-hydrogen) atoms. The average molecular weight is 226 g/mol. The summed E-state index contributed by atoms with van der Waals surface area (Å²) in [5.41, 5.74) is 0. The van der Waals surface area contributed by atoms with E-state index in [0.29, 0.717) is 19.5 Å². The maximum atomic E-state index is 11.4. The molecule has 1 rings (SSSR count). The van der Waals surface area contributed by atoms with Gasteiger partial charge in [-0.1, -0.05) is 6.42 Å². The van der Waals surface area contributed by atoms with Crippen molar-refractivity contribution >= 4 is 11.7 Å². The van der Waals surface area contributed by atoms with E-state index in [1.165, 1.54) is 0 Å². The quantitative estimate of drug-likeness (QED) is 0.759. The van der Waals surface area contributed by atoms with Crippen LogP contribution < -0.4 is 5.32 Å². The number of hydrogen-bond donors (Lipinski definition) is 1. The summed E-state index contributed by atoms with van der Waals surface area (Å²) in [6.45, 7) is 5.89. The molecular weight excluding hydrogens is 204 g/mol. The SMILES string of the molecule is CCNC(=O)CCN1CCCCC1C(C)=O. The Bertz CT molecular complexity index is 253. The minimum atomic E-state index is 0.0446. The lowest BCUT2D eigenvalue weighted by Gasteiger charge is -2.33. The van der Waals surface area contributed by atoms with Crippen LogP contribution in [0.4, 0.5) is 0 Å². The van der Waals surface area contributed by atoms with Gasteiger partial charge in [-0.05, 0) is 33.2 Å². The van der Waals surface area contributed by atoms with Crippen LogP contribution in [0.3, 0.4) is 0 Å². The van der Waals surface area contributed by atoms with E-state index in [0.717, 1.165) is 25.8 Å². The zero-order chi connectivity index (χ0) is 12.0. The summed E-state index contributed by atoms with van der Waals surface area (Å²) >= 11 is 0. The Kier molecular flexibility index (Phi) is 5.46. The first-order valence-corrected chi connectivity index (χ1v) is 6.16. The number of nitrogens with one attached hydrogen (secondary N) is 1. The first kappa shape index (κ1) is 13.2. The fraction of sp³-hybridized carbons (Fsp3) is 0.833.